The van der Waals surface area contributed by atoms with E-state index in [1.54, 1.807) is 0 Å². The van der Waals surface area contributed by atoms with Crippen LogP contribution in [0.1, 0.15) is 26.7 Å². The monoisotopic (exact) mass is 222 g/mol. The van der Waals surface area contributed by atoms with Crippen molar-refractivity contribution in [1.82, 2.24) is 0 Å². The predicted octanol–water partition coefficient (Wildman–Crippen LogP) is 2.89. The van der Waals surface area contributed by atoms with E-state index in [2.05, 4.69) is 19.2 Å². The molecule has 1 aromatic rings. The first-order valence-corrected chi connectivity index (χ1v) is 5.93. The van der Waals surface area contributed by atoms with Crippen LogP contribution in [-0.4, -0.2) is 19.3 Å². The van der Waals surface area contributed by atoms with E-state index in [1.165, 1.54) is 0 Å². The third-order valence-corrected chi connectivity index (χ3v) is 2.54. The number of nitrogen functional groups attached to an aromatic ring is 1. The van der Waals surface area contributed by atoms with Gasteiger partial charge >= 0.3 is 0 Å². The van der Waals surface area contributed by atoms with Crippen molar-refractivity contribution in [2.24, 2.45) is 0 Å². The van der Waals surface area contributed by atoms with Crippen LogP contribution in [0, 0.1) is 0 Å². The molecule has 0 fully saturated rings. The third kappa shape index (κ3) is 5.03. The van der Waals surface area contributed by atoms with Crippen LogP contribution in [0.25, 0.3) is 0 Å². The van der Waals surface area contributed by atoms with E-state index < -0.39 is 0 Å². The lowest BCUT2D eigenvalue weighted by atomic mass is 10.3. The standard InChI is InChI=1S/C13H22N2O/c1-3-11(2)16-10-4-9-15-13-7-5-12(14)6-8-13/h5-8,11,15H,3-4,9-10,14H2,1-2H3. The maximum absolute atomic E-state index is 5.60. The molecule has 0 spiro atoms. The maximum Gasteiger partial charge on any atom is 0.0544 e. The molecule has 1 rings (SSSR count). The van der Waals surface area contributed by atoms with Crippen molar-refractivity contribution < 1.29 is 4.74 Å². The van der Waals surface area contributed by atoms with Crippen molar-refractivity contribution in [3.05, 3.63) is 24.3 Å². The molecule has 0 saturated carbocycles. The third-order valence-electron chi connectivity index (χ3n) is 2.54. The zero-order valence-electron chi connectivity index (χ0n) is 10.2. The van der Waals surface area contributed by atoms with Crippen LogP contribution in [0.15, 0.2) is 24.3 Å². The lowest BCUT2D eigenvalue weighted by Crippen LogP contribution is -2.11. The van der Waals surface area contributed by atoms with Crippen molar-refractivity contribution >= 4 is 11.4 Å². The molecule has 3 N–H and O–H groups in total. The summed E-state index contributed by atoms with van der Waals surface area (Å²) in [6.45, 7) is 5.99. The molecule has 0 radical (unpaired) electrons. The Hall–Kier alpha value is -1.22. The fourth-order valence-corrected chi connectivity index (χ4v) is 1.31. The molecule has 0 aliphatic rings. The van der Waals surface area contributed by atoms with E-state index in [0.717, 1.165) is 37.4 Å². The topological polar surface area (TPSA) is 47.3 Å². The zero-order valence-corrected chi connectivity index (χ0v) is 10.2. The normalized spacial score (nSPS) is 12.4. The van der Waals surface area contributed by atoms with E-state index in [4.69, 9.17) is 10.5 Å². The Bertz CT molecular complexity index is 284. The molecule has 0 saturated heterocycles. The molecule has 3 heteroatoms. The lowest BCUT2D eigenvalue weighted by molar-refractivity contribution is 0.0635. The molecule has 16 heavy (non-hydrogen) atoms. The maximum atomic E-state index is 5.60. The van der Waals surface area contributed by atoms with Crippen LogP contribution >= 0.6 is 0 Å². The van der Waals surface area contributed by atoms with Crippen molar-refractivity contribution in [3.8, 4) is 0 Å². The molecule has 1 aromatic carbocycles. The summed E-state index contributed by atoms with van der Waals surface area (Å²) in [5.41, 5.74) is 7.51. The summed E-state index contributed by atoms with van der Waals surface area (Å²) in [7, 11) is 0. The molecule has 0 bridgehead atoms. The molecular formula is C13H22N2O. The van der Waals surface area contributed by atoms with Crippen LogP contribution in [0.4, 0.5) is 11.4 Å². The molecule has 0 aliphatic carbocycles. The van der Waals surface area contributed by atoms with Gasteiger partial charge in [0.1, 0.15) is 0 Å². The number of hydrogen-bond acceptors (Lipinski definition) is 3. The highest BCUT2D eigenvalue weighted by Crippen LogP contribution is 2.10. The first-order chi connectivity index (χ1) is 7.72. The highest BCUT2D eigenvalue weighted by Gasteiger charge is 1.97. The molecule has 0 heterocycles. The first-order valence-electron chi connectivity index (χ1n) is 5.93. The molecule has 0 amide bonds. The fraction of sp³-hybridized carbons (Fsp3) is 0.538. The number of rotatable bonds is 7. The van der Waals surface area contributed by atoms with Gasteiger partial charge in [0.25, 0.3) is 0 Å². The predicted molar refractivity (Wildman–Crippen MR) is 69.7 cm³/mol. The van der Waals surface area contributed by atoms with E-state index >= 15 is 0 Å². The van der Waals surface area contributed by atoms with E-state index in [0.29, 0.717) is 6.10 Å². The second-order valence-corrected chi connectivity index (χ2v) is 3.99. The SMILES string of the molecule is CCC(C)OCCCNc1ccc(N)cc1. The minimum absolute atomic E-state index is 0.372. The molecule has 1 unspecified atom stereocenters. The number of hydrogen-bond donors (Lipinski definition) is 2. The second kappa shape index (κ2) is 7.12. The Kier molecular flexibility index (Phi) is 5.72. The van der Waals surface area contributed by atoms with Gasteiger partial charge < -0.3 is 15.8 Å². The smallest absolute Gasteiger partial charge is 0.0544 e. The molecule has 90 valence electrons. The molecule has 0 aromatic heterocycles. The highest BCUT2D eigenvalue weighted by molar-refractivity contribution is 5.50. The van der Waals surface area contributed by atoms with Crippen molar-refractivity contribution in [1.29, 1.82) is 0 Å². The van der Waals surface area contributed by atoms with Crippen LogP contribution in [0.3, 0.4) is 0 Å². The Morgan fingerprint density at radius 3 is 2.62 bits per heavy atom. The molecule has 3 nitrogen and oxygen atoms in total. The average Bonchev–Trinajstić information content (AvgIpc) is 2.31. The van der Waals surface area contributed by atoms with Gasteiger partial charge in [-0.1, -0.05) is 6.92 Å². The quantitative estimate of drug-likeness (QED) is 0.551. The Morgan fingerprint density at radius 2 is 2.00 bits per heavy atom. The fourth-order valence-electron chi connectivity index (χ4n) is 1.31. The van der Waals surface area contributed by atoms with Gasteiger partial charge in [-0.15, -0.1) is 0 Å². The Balaban J connectivity index is 2.09. The second-order valence-electron chi connectivity index (χ2n) is 3.99. The van der Waals surface area contributed by atoms with Gasteiger partial charge in [-0.2, -0.15) is 0 Å². The number of ether oxygens (including phenoxy) is 1. The van der Waals surface area contributed by atoms with Crippen LogP contribution in [0.2, 0.25) is 0 Å². The van der Waals surface area contributed by atoms with Gasteiger partial charge in [0, 0.05) is 24.5 Å². The van der Waals surface area contributed by atoms with Gasteiger partial charge in [-0.25, -0.2) is 0 Å². The zero-order chi connectivity index (χ0) is 11.8. The van der Waals surface area contributed by atoms with Gasteiger partial charge in [-0.05, 0) is 44.0 Å². The van der Waals surface area contributed by atoms with E-state index in [9.17, 15) is 0 Å². The highest BCUT2D eigenvalue weighted by atomic mass is 16.5. The van der Waals surface area contributed by atoms with Crippen molar-refractivity contribution in [3.63, 3.8) is 0 Å². The summed E-state index contributed by atoms with van der Waals surface area (Å²) in [6, 6.07) is 7.78. The number of nitrogens with one attached hydrogen (secondary N) is 1. The van der Waals surface area contributed by atoms with Crippen LogP contribution < -0.4 is 11.1 Å². The average molecular weight is 222 g/mol. The molecule has 1 atom stereocenters. The summed E-state index contributed by atoms with van der Waals surface area (Å²) in [5, 5.41) is 3.33. The summed E-state index contributed by atoms with van der Waals surface area (Å²) >= 11 is 0. The number of anilines is 2. The number of nitrogens with two attached hydrogens (primary N) is 1. The van der Waals surface area contributed by atoms with Gasteiger partial charge in [-0.3, -0.25) is 0 Å². The van der Waals surface area contributed by atoms with E-state index in [-0.39, 0.29) is 0 Å². The first kappa shape index (κ1) is 12.8. The minimum Gasteiger partial charge on any atom is -0.399 e. The summed E-state index contributed by atoms with van der Waals surface area (Å²) in [5.74, 6) is 0. The molecular weight excluding hydrogens is 200 g/mol. The van der Waals surface area contributed by atoms with Crippen LogP contribution in [0.5, 0.6) is 0 Å². The van der Waals surface area contributed by atoms with Gasteiger partial charge in [0.15, 0.2) is 0 Å². The summed E-state index contributed by atoms with van der Waals surface area (Å²) < 4.78 is 5.59. The summed E-state index contributed by atoms with van der Waals surface area (Å²) in [4.78, 5) is 0. The van der Waals surface area contributed by atoms with Crippen molar-refractivity contribution in [2.45, 2.75) is 32.8 Å². The van der Waals surface area contributed by atoms with Crippen LogP contribution in [-0.2, 0) is 4.74 Å². The number of benzene rings is 1. The lowest BCUT2D eigenvalue weighted by Gasteiger charge is -2.11. The Morgan fingerprint density at radius 1 is 1.31 bits per heavy atom. The van der Waals surface area contributed by atoms with E-state index in [1.807, 2.05) is 24.3 Å². The molecule has 0 aliphatic heterocycles. The van der Waals surface area contributed by atoms with Crippen molar-refractivity contribution in [2.75, 3.05) is 24.2 Å². The largest absolute Gasteiger partial charge is 0.399 e. The van der Waals surface area contributed by atoms with Gasteiger partial charge in [0.05, 0.1) is 6.10 Å². The summed E-state index contributed by atoms with van der Waals surface area (Å²) in [6.07, 6.45) is 2.47. The van der Waals surface area contributed by atoms with Gasteiger partial charge in [0.2, 0.25) is 0 Å². The minimum atomic E-state index is 0.372. The Labute approximate surface area is 98.0 Å².